The van der Waals surface area contributed by atoms with Gasteiger partial charge in [-0.05, 0) is 0 Å². The molecule has 0 fully saturated rings. The number of hydrogen-bond acceptors (Lipinski definition) is 0. The van der Waals surface area contributed by atoms with E-state index >= 15 is 0 Å². The molecule has 12 heteroatoms. The predicted octanol–water partition coefficient (Wildman–Crippen LogP) is 5.50. The minimum atomic E-state index is -6.16. The normalized spacial score (nSPS) is 20.0. The lowest BCUT2D eigenvalue weighted by Crippen LogP contribution is -2.45. The lowest BCUT2D eigenvalue weighted by Gasteiger charge is -2.31. The van der Waals surface area contributed by atoms with Crippen molar-refractivity contribution in [2.75, 3.05) is 0 Å². The summed E-state index contributed by atoms with van der Waals surface area (Å²) in [4.78, 5) is 0. The molecule has 0 bridgehead atoms. The van der Waals surface area contributed by atoms with Gasteiger partial charge >= 0.3 is 11.8 Å². The average Bonchev–Trinajstić information content (AvgIpc) is 2.51. The van der Waals surface area contributed by atoms with E-state index in [0.717, 1.165) is 0 Å². The number of benzene rings is 1. The van der Waals surface area contributed by atoms with Crippen LogP contribution in [-0.2, 0) is 0 Å². The van der Waals surface area contributed by atoms with Crippen molar-refractivity contribution in [1.29, 1.82) is 0 Å². The molecule has 0 spiro atoms. The Morgan fingerprint density at radius 1 is 0.458 bits per heavy atom. The van der Waals surface area contributed by atoms with Gasteiger partial charge in [-0.3, -0.25) is 0 Å². The second kappa shape index (κ2) is 5.18. The third-order valence-electron chi connectivity index (χ3n) is 3.05. The highest BCUT2D eigenvalue weighted by molar-refractivity contribution is 5.79. The molecule has 1 aromatic carbocycles. The van der Waals surface area contributed by atoms with Gasteiger partial charge in [0.25, 0.3) is 0 Å². The van der Waals surface area contributed by atoms with E-state index in [2.05, 4.69) is 0 Å². The van der Waals surface area contributed by atoms with Crippen LogP contribution in [-0.4, -0.2) is 11.8 Å². The van der Waals surface area contributed by atoms with Crippen LogP contribution in [0.25, 0.3) is 5.57 Å². The largest absolute Gasteiger partial charge is 0.368 e. The molecule has 2 rings (SSSR count). The maximum atomic E-state index is 13.6. The smallest absolute Gasteiger partial charge is 0.203 e. The van der Waals surface area contributed by atoms with Gasteiger partial charge in [0, 0.05) is 0 Å². The fraction of sp³-hybridized carbons (Fsp3) is 0.167. The molecule has 0 aliphatic heterocycles. The molecule has 1 aliphatic carbocycles. The Bertz CT molecular complexity index is 772. The third kappa shape index (κ3) is 2.04. The molecule has 0 atom stereocenters. The summed E-state index contributed by atoms with van der Waals surface area (Å²) in [6.07, 6.45) is 0. The van der Waals surface area contributed by atoms with E-state index in [9.17, 15) is 52.7 Å². The van der Waals surface area contributed by atoms with Gasteiger partial charge in [-0.2, -0.15) is 17.6 Å². The molecule has 0 radical (unpaired) electrons. The molecule has 0 N–H and O–H groups in total. The number of halogens is 12. The summed E-state index contributed by atoms with van der Waals surface area (Å²) in [5, 5.41) is 0. The van der Waals surface area contributed by atoms with E-state index in [-0.39, 0.29) is 0 Å². The molecule has 0 unspecified atom stereocenters. The number of rotatable bonds is 1. The molecule has 0 amide bonds. The first-order valence-corrected chi connectivity index (χ1v) is 5.52. The van der Waals surface area contributed by atoms with Gasteiger partial charge in [-0.1, -0.05) is 0 Å². The highest BCUT2D eigenvalue weighted by Crippen LogP contribution is 2.56. The van der Waals surface area contributed by atoms with Gasteiger partial charge in [0.2, 0.25) is 11.6 Å². The third-order valence-corrected chi connectivity index (χ3v) is 3.05. The second-order valence-corrected chi connectivity index (χ2v) is 4.41. The van der Waals surface area contributed by atoms with Crippen LogP contribution in [0.2, 0.25) is 0 Å². The van der Waals surface area contributed by atoms with Crippen molar-refractivity contribution < 1.29 is 52.7 Å². The highest BCUT2D eigenvalue weighted by atomic mass is 19.3. The molecule has 0 heterocycles. The summed E-state index contributed by atoms with van der Waals surface area (Å²) in [6, 6.07) is 0. The second-order valence-electron chi connectivity index (χ2n) is 4.41. The minimum absolute atomic E-state index is 2.84. The van der Waals surface area contributed by atoms with Crippen molar-refractivity contribution in [3.8, 4) is 0 Å². The van der Waals surface area contributed by atoms with Crippen LogP contribution >= 0.6 is 0 Å². The molecular weight excluding hydrogens is 372 g/mol. The predicted molar refractivity (Wildman–Crippen MR) is 53.4 cm³/mol. The first kappa shape index (κ1) is 18.2. The average molecular weight is 372 g/mol. The lowest BCUT2D eigenvalue weighted by molar-refractivity contribution is -0.162. The van der Waals surface area contributed by atoms with Gasteiger partial charge in [0.15, 0.2) is 34.9 Å². The van der Waals surface area contributed by atoms with Crippen molar-refractivity contribution in [3.05, 3.63) is 52.1 Å². The lowest BCUT2D eigenvalue weighted by atomic mass is 9.88. The molecule has 0 aromatic heterocycles. The Morgan fingerprint density at radius 3 is 1.25 bits per heavy atom. The van der Waals surface area contributed by atoms with Gasteiger partial charge < -0.3 is 0 Å². The maximum Gasteiger partial charge on any atom is 0.368 e. The zero-order chi connectivity index (χ0) is 18.8. The van der Waals surface area contributed by atoms with E-state index in [1.165, 1.54) is 0 Å². The van der Waals surface area contributed by atoms with Gasteiger partial charge in [-0.25, -0.2) is 35.1 Å². The topological polar surface area (TPSA) is 0 Å². The van der Waals surface area contributed by atoms with Crippen LogP contribution in [0.4, 0.5) is 52.7 Å². The minimum Gasteiger partial charge on any atom is -0.203 e. The van der Waals surface area contributed by atoms with Crippen molar-refractivity contribution >= 4 is 5.57 Å². The summed E-state index contributed by atoms with van der Waals surface area (Å²) in [5.74, 6) is -37.2. The Hall–Kier alpha value is -2.14. The zero-order valence-corrected chi connectivity index (χ0v) is 10.5. The monoisotopic (exact) mass is 372 g/mol. The van der Waals surface area contributed by atoms with E-state index in [1.54, 1.807) is 0 Å². The summed E-state index contributed by atoms with van der Waals surface area (Å²) >= 11 is 0. The van der Waals surface area contributed by atoms with Gasteiger partial charge in [0.1, 0.15) is 0 Å². The van der Waals surface area contributed by atoms with E-state index in [1.807, 2.05) is 0 Å². The van der Waals surface area contributed by atoms with Gasteiger partial charge in [-0.15, -0.1) is 0 Å². The molecule has 1 aliphatic rings. The summed E-state index contributed by atoms with van der Waals surface area (Å²) in [7, 11) is 0. The number of allylic oxidation sites excluding steroid dienone is 4. The van der Waals surface area contributed by atoms with Crippen LogP contribution in [0.3, 0.4) is 0 Å². The standard InChI is InChI=1S/C12F12/c13-3-1(4(14)7(17)8(18)6(3)16)2-5(15)9(19)10(20)12(23,24)11(2,21)22. The summed E-state index contributed by atoms with van der Waals surface area (Å²) in [6.45, 7) is 0. The Balaban J connectivity index is 3.01. The van der Waals surface area contributed by atoms with Crippen LogP contribution < -0.4 is 0 Å². The van der Waals surface area contributed by atoms with E-state index in [4.69, 9.17) is 0 Å². The fourth-order valence-electron chi connectivity index (χ4n) is 1.87. The number of alkyl halides is 4. The maximum absolute atomic E-state index is 13.6. The Morgan fingerprint density at radius 2 is 0.833 bits per heavy atom. The molecule has 0 saturated carbocycles. The summed E-state index contributed by atoms with van der Waals surface area (Å²) < 4.78 is 158. The SMILES string of the molecule is FC1=C(F)C(F)(F)C(F)(F)C(c2c(F)c(F)c(F)c(F)c2F)=C1F. The zero-order valence-electron chi connectivity index (χ0n) is 10.5. The molecule has 132 valence electrons. The Labute approximate surface area is 123 Å². The first-order chi connectivity index (χ1) is 10.8. The highest BCUT2D eigenvalue weighted by Gasteiger charge is 2.68. The molecule has 24 heavy (non-hydrogen) atoms. The summed E-state index contributed by atoms with van der Waals surface area (Å²) in [5.41, 5.74) is -6.05. The van der Waals surface area contributed by atoms with Crippen LogP contribution in [0.5, 0.6) is 0 Å². The van der Waals surface area contributed by atoms with Crippen molar-refractivity contribution in [2.45, 2.75) is 11.8 Å². The van der Waals surface area contributed by atoms with Crippen LogP contribution in [0, 0.1) is 29.1 Å². The van der Waals surface area contributed by atoms with Crippen molar-refractivity contribution in [1.82, 2.24) is 0 Å². The quantitative estimate of drug-likeness (QED) is 0.347. The Kier molecular flexibility index (Phi) is 3.93. The van der Waals surface area contributed by atoms with E-state index < -0.39 is 69.5 Å². The van der Waals surface area contributed by atoms with Crippen LogP contribution in [0.15, 0.2) is 17.5 Å². The van der Waals surface area contributed by atoms with Crippen LogP contribution in [0.1, 0.15) is 5.56 Å². The molecule has 1 aromatic rings. The van der Waals surface area contributed by atoms with Crippen molar-refractivity contribution in [2.24, 2.45) is 0 Å². The van der Waals surface area contributed by atoms with Gasteiger partial charge in [0.05, 0.1) is 11.1 Å². The first-order valence-electron chi connectivity index (χ1n) is 5.52. The molecular formula is C12F12. The van der Waals surface area contributed by atoms with E-state index in [0.29, 0.717) is 0 Å². The number of hydrogen-bond donors (Lipinski definition) is 0. The fourth-order valence-corrected chi connectivity index (χ4v) is 1.87. The molecule has 0 nitrogen and oxygen atoms in total. The molecule has 0 saturated heterocycles. The van der Waals surface area contributed by atoms with Crippen molar-refractivity contribution in [3.63, 3.8) is 0 Å².